The van der Waals surface area contributed by atoms with Crippen molar-refractivity contribution in [2.75, 3.05) is 0 Å². The molecule has 2 aromatic carbocycles. The first-order valence-corrected chi connectivity index (χ1v) is 32.2. The predicted molar refractivity (Wildman–Crippen MR) is 315 cm³/mol. The summed E-state index contributed by atoms with van der Waals surface area (Å²) in [6.45, 7) is 8.41. The number of hydrogen-bond donors (Lipinski definition) is 0. The van der Waals surface area contributed by atoms with Crippen LogP contribution in [0.4, 0.5) is 0 Å². The zero-order valence-electron chi connectivity index (χ0n) is 33.3. The molecule has 9 heterocycles. The maximum atomic E-state index is 4.48. The molecule has 0 amide bonds. The van der Waals surface area contributed by atoms with Gasteiger partial charge in [0.25, 0.3) is 0 Å². The summed E-state index contributed by atoms with van der Waals surface area (Å²) in [5, 5.41) is 3.68. The number of rotatable bonds is 4. The second-order valence-electron chi connectivity index (χ2n) is 15.3. The summed E-state index contributed by atoms with van der Waals surface area (Å²) < 4.78 is 20.1. The van der Waals surface area contributed by atoms with E-state index in [4.69, 9.17) is 0 Å². The van der Waals surface area contributed by atoms with Gasteiger partial charge >= 0.3 is 237 Å². The molecule has 2 nitrogen and oxygen atoms in total. The molecule has 0 fully saturated rings. The molecule has 0 unspecified atom stereocenters. The van der Waals surface area contributed by atoms with E-state index in [2.05, 4.69) is 200 Å². The zero-order valence-corrected chi connectivity index (χ0v) is 52.6. The first-order valence-electron chi connectivity index (χ1n) is 19.2. The summed E-state index contributed by atoms with van der Waals surface area (Å²) >= 11 is 42.7. The fraction of sp³-hybridized carbons (Fsp3) is 0.106. The zero-order chi connectivity index (χ0) is 44.6. The van der Waals surface area contributed by atoms with Gasteiger partial charge in [0.2, 0.25) is 0 Å². The predicted octanol–water partition coefficient (Wildman–Crippen LogP) is 21.7. The second kappa shape index (κ2) is 17.9. The van der Waals surface area contributed by atoms with Gasteiger partial charge < -0.3 is 0 Å². The molecule has 0 aliphatic heterocycles. The number of hydrogen-bond acceptors (Lipinski definition) is 8. The van der Waals surface area contributed by atoms with E-state index in [9.17, 15) is 0 Å². The standard InChI is InChI=1S/C25H14Br4S2Se.C22H10Br4N2S4/c1-10-3-5-13-12(7-10)9-15(17(13)26)21-19(28)22-23(30-21)20(29)24(31-22)25-18(27)14-6-4-11(2)8-16(14)32-25;1-7-3-11-9(5-27-7)13(23)17(29-11)19-15(25)21-22(31-19)16(26)20(32-21)18-14(24)10-6-28-8(2)4-12(10)30-18/h3-8H,9H2,1-2H3;3-6H,1-2H3. The van der Waals surface area contributed by atoms with E-state index >= 15 is 0 Å². The average Bonchev–Trinajstić information content (AvgIpc) is 4.15. The van der Waals surface area contributed by atoms with Gasteiger partial charge in [0.05, 0.1) is 37.9 Å². The summed E-state index contributed by atoms with van der Waals surface area (Å²) in [6.07, 6.45) is 4.90. The molecule has 0 atom stereocenters. The molecule has 320 valence electrons. The fourth-order valence-corrected chi connectivity index (χ4v) is 27.1. The Bertz CT molecular complexity index is 3700. The number of aromatic nitrogens is 2. The number of allylic oxidation sites excluding steroid dienone is 1. The number of thiophene rings is 6. The molecule has 9 aromatic heterocycles. The Labute approximate surface area is 465 Å². The van der Waals surface area contributed by atoms with Crippen LogP contribution in [0.2, 0.25) is 0 Å². The molecular weight excluding hydrogens is 1500 g/mol. The van der Waals surface area contributed by atoms with Crippen LogP contribution in [0.25, 0.3) is 87.5 Å². The van der Waals surface area contributed by atoms with Crippen LogP contribution in [-0.4, -0.2) is 24.5 Å². The molecule has 17 heteroatoms. The molecule has 0 N–H and O–H groups in total. The van der Waals surface area contributed by atoms with Gasteiger partial charge in [-0.3, -0.25) is 9.97 Å². The summed E-state index contributed by atoms with van der Waals surface area (Å²) in [6, 6.07) is 17.9. The van der Waals surface area contributed by atoms with Crippen molar-refractivity contribution < 1.29 is 0 Å². The van der Waals surface area contributed by atoms with Crippen molar-refractivity contribution in [2.24, 2.45) is 0 Å². The quantitative estimate of drug-likeness (QED) is 0.164. The van der Waals surface area contributed by atoms with Gasteiger partial charge in [0.15, 0.2) is 0 Å². The van der Waals surface area contributed by atoms with E-state index in [-0.39, 0.29) is 0 Å². The molecule has 0 spiro atoms. The number of pyridine rings is 2. The topological polar surface area (TPSA) is 25.8 Å². The molecular formula is C47H24Br8N2S6Se. The van der Waals surface area contributed by atoms with Gasteiger partial charge in [0.1, 0.15) is 0 Å². The molecule has 1 aliphatic rings. The summed E-state index contributed by atoms with van der Waals surface area (Å²) in [5.41, 5.74) is 8.84. The van der Waals surface area contributed by atoms with Crippen molar-refractivity contribution >= 4 is 269 Å². The van der Waals surface area contributed by atoms with Crippen molar-refractivity contribution in [3.63, 3.8) is 0 Å². The van der Waals surface area contributed by atoms with E-state index in [1.165, 1.54) is 117 Å². The van der Waals surface area contributed by atoms with Crippen molar-refractivity contribution in [1.29, 1.82) is 0 Å². The van der Waals surface area contributed by atoms with Crippen LogP contribution in [-0.2, 0) is 6.42 Å². The van der Waals surface area contributed by atoms with Gasteiger partial charge in [-0.2, -0.15) is 0 Å². The Balaban J connectivity index is 0.000000143. The van der Waals surface area contributed by atoms with E-state index in [1.54, 1.807) is 0 Å². The van der Waals surface area contributed by atoms with Crippen LogP contribution in [0.15, 0.2) is 92.2 Å². The van der Waals surface area contributed by atoms with Gasteiger partial charge in [-0.15, -0.1) is 45.3 Å². The Hall–Kier alpha value is -0.181. The number of halogens is 8. The third-order valence-electron chi connectivity index (χ3n) is 10.9. The van der Waals surface area contributed by atoms with Crippen LogP contribution in [0.5, 0.6) is 0 Å². The van der Waals surface area contributed by atoms with Gasteiger partial charge in [-0.1, -0.05) is 0 Å². The van der Waals surface area contributed by atoms with Crippen LogP contribution < -0.4 is 0 Å². The van der Waals surface area contributed by atoms with Gasteiger partial charge in [-0.25, -0.2) is 0 Å². The third-order valence-corrected chi connectivity index (χ3v) is 31.2. The molecule has 0 bridgehead atoms. The molecule has 0 radical (unpaired) electrons. The Morgan fingerprint density at radius 3 is 1.52 bits per heavy atom. The van der Waals surface area contributed by atoms with Crippen LogP contribution >= 0.6 is 195 Å². The van der Waals surface area contributed by atoms with E-state index in [0.29, 0.717) is 14.5 Å². The SMILES string of the molecule is Cc1cc2sc(-c3sc4c(Br)c(-c5sc6cc(C)ncc6c5Br)sc4c3Br)c(Br)c2cn1.Cc1ccc2c(c1)CC(c1sc3c(Br)c(-c4[se]c5cc(C)ccc5c4Br)sc3c1Br)=C2Br. The minimum atomic E-state index is 0.307. The van der Waals surface area contributed by atoms with E-state index in [1.807, 2.05) is 94.3 Å². The second-order valence-corrected chi connectivity index (χ2v) is 30.0. The van der Waals surface area contributed by atoms with Crippen LogP contribution in [0, 0.1) is 27.7 Å². The average molecular weight is 1530 g/mol. The summed E-state index contributed by atoms with van der Waals surface area (Å²) in [7, 11) is 0. The Kier molecular flexibility index (Phi) is 12.9. The third kappa shape index (κ3) is 7.75. The van der Waals surface area contributed by atoms with Gasteiger partial charge in [-0.05, 0) is 89.7 Å². The van der Waals surface area contributed by atoms with Crippen molar-refractivity contribution in [2.45, 2.75) is 34.1 Å². The van der Waals surface area contributed by atoms with Crippen molar-refractivity contribution in [3.05, 3.63) is 131 Å². The van der Waals surface area contributed by atoms with E-state index < -0.39 is 0 Å². The Morgan fingerprint density at radius 1 is 0.469 bits per heavy atom. The Morgan fingerprint density at radius 2 is 0.938 bits per heavy atom. The monoisotopic (exact) mass is 1520 g/mol. The molecule has 0 saturated heterocycles. The maximum absolute atomic E-state index is 4.48. The molecule has 64 heavy (non-hydrogen) atoms. The number of aryl methyl sites for hydroxylation is 4. The molecule has 11 aromatic rings. The fourth-order valence-electron chi connectivity index (χ4n) is 7.82. The van der Waals surface area contributed by atoms with Crippen LogP contribution in [0.3, 0.4) is 0 Å². The molecule has 0 saturated carbocycles. The van der Waals surface area contributed by atoms with Crippen molar-refractivity contribution in [3.8, 4) is 28.8 Å². The van der Waals surface area contributed by atoms with Crippen molar-refractivity contribution in [1.82, 2.24) is 9.97 Å². The van der Waals surface area contributed by atoms with Gasteiger partial charge in [0, 0.05) is 52.9 Å². The normalized spacial score (nSPS) is 12.9. The minimum absolute atomic E-state index is 0.307. The number of nitrogens with zero attached hydrogens (tertiary/aromatic N) is 2. The molecule has 1 aliphatic carbocycles. The molecule has 12 rings (SSSR count). The number of benzene rings is 2. The van der Waals surface area contributed by atoms with Crippen LogP contribution in [0.1, 0.15) is 38.5 Å². The first kappa shape index (κ1) is 46.2. The first-order chi connectivity index (χ1) is 30.7. The van der Waals surface area contributed by atoms with E-state index in [0.717, 1.165) is 46.5 Å². The summed E-state index contributed by atoms with van der Waals surface area (Å²) in [5.74, 6) is 0. The number of fused-ring (bicyclic) bond motifs is 6. The summed E-state index contributed by atoms with van der Waals surface area (Å²) in [4.78, 5) is 16.6.